The molecule has 3 rings (SSSR count). The Morgan fingerprint density at radius 3 is 2.52 bits per heavy atom. The van der Waals surface area contributed by atoms with E-state index in [0.29, 0.717) is 10.2 Å². The molecule has 152 valence electrons. The standard InChI is InChI=1S/C19H16BrFN2O3S3/c1-12(19(24)22-17-9-4-13(20)11-16(17)21)28-15-7-5-14(6-8-15)23-29(25,26)18-3-2-10-27-18/h2-12,23H,1H3,(H,22,24). The van der Waals surface area contributed by atoms with Crippen LogP contribution in [-0.4, -0.2) is 19.6 Å². The Balaban J connectivity index is 1.61. The van der Waals surface area contributed by atoms with Crippen LogP contribution in [0.25, 0.3) is 0 Å². The third kappa shape index (κ3) is 5.81. The summed E-state index contributed by atoms with van der Waals surface area (Å²) in [5, 5.41) is 3.78. The molecule has 1 heterocycles. The van der Waals surface area contributed by atoms with Crippen LogP contribution in [0, 0.1) is 5.82 Å². The lowest BCUT2D eigenvalue weighted by Gasteiger charge is -2.13. The van der Waals surface area contributed by atoms with Crippen molar-refractivity contribution in [2.45, 2.75) is 21.3 Å². The lowest BCUT2D eigenvalue weighted by atomic mass is 10.3. The molecule has 2 N–H and O–H groups in total. The molecular formula is C19H16BrFN2O3S3. The highest BCUT2D eigenvalue weighted by Gasteiger charge is 2.17. The molecule has 29 heavy (non-hydrogen) atoms. The summed E-state index contributed by atoms with van der Waals surface area (Å²) in [4.78, 5) is 13.1. The number of hydrogen-bond donors (Lipinski definition) is 2. The third-order valence-corrected chi connectivity index (χ3v) is 8.12. The van der Waals surface area contributed by atoms with Crippen LogP contribution in [0.1, 0.15) is 6.92 Å². The number of amides is 1. The third-order valence-electron chi connectivity index (χ3n) is 3.74. The van der Waals surface area contributed by atoms with Crippen LogP contribution in [0.15, 0.2) is 73.6 Å². The van der Waals surface area contributed by atoms with Gasteiger partial charge >= 0.3 is 0 Å². The van der Waals surface area contributed by atoms with Crippen molar-refractivity contribution in [1.82, 2.24) is 0 Å². The summed E-state index contributed by atoms with van der Waals surface area (Å²) in [6, 6.07) is 14.3. The van der Waals surface area contributed by atoms with Gasteiger partial charge in [0, 0.05) is 15.1 Å². The van der Waals surface area contributed by atoms with E-state index in [1.165, 1.54) is 30.0 Å². The maximum Gasteiger partial charge on any atom is 0.271 e. The van der Waals surface area contributed by atoms with Crippen molar-refractivity contribution in [3.05, 3.63) is 70.3 Å². The average Bonchev–Trinajstić information content (AvgIpc) is 3.21. The number of nitrogens with one attached hydrogen (secondary N) is 2. The minimum Gasteiger partial charge on any atom is -0.323 e. The van der Waals surface area contributed by atoms with E-state index in [1.807, 2.05) is 0 Å². The lowest BCUT2D eigenvalue weighted by molar-refractivity contribution is -0.115. The van der Waals surface area contributed by atoms with E-state index in [2.05, 4.69) is 26.0 Å². The second kappa shape index (κ2) is 9.29. The highest BCUT2D eigenvalue weighted by atomic mass is 79.9. The second-order valence-corrected chi connectivity index (χ2v) is 11.1. The van der Waals surface area contributed by atoms with Crippen molar-refractivity contribution in [2.75, 3.05) is 10.0 Å². The molecule has 1 amide bonds. The Labute approximate surface area is 184 Å². The zero-order valence-corrected chi connectivity index (χ0v) is 19.1. The van der Waals surface area contributed by atoms with E-state index >= 15 is 0 Å². The number of carbonyl (C=O) groups is 1. The number of benzene rings is 2. The van der Waals surface area contributed by atoms with E-state index in [9.17, 15) is 17.6 Å². The van der Waals surface area contributed by atoms with Gasteiger partial charge in [0.15, 0.2) is 0 Å². The van der Waals surface area contributed by atoms with Gasteiger partial charge < -0.3 is 5.32 Å². The predicted octanol–water partition coefficient (Wildman–Crippen LogP) is 5.57. The number of anilines is 2. The summed E-state index contributed by atoms with van der Waals surface area (Å²) in [5.41, 5.74) is 0.542. The molecule has 0 bridgehead atoms. The number of rotatable bonds is 7. The van der Waals surface area contributed by atoms with Gasteiger partial charge in [0.25, 0.3) is 10.0 Å². The van der Waals surface area contributed by atoms with Crippen LogP contribution in [0.2, 0.25) is 0 Å². The number of hydrogen-bond acceptors (Lipinski definition) is 5. The first-order valence-electron chi connectivity index (χ1n) is 8.33. The lowest BCUT2D eigenvalue weighted by Crippen LogP contribution is -2.22. The van der Waals surface area contributed by atoms with E-state index < -0.39 is 21.1 Å². The molecule has 1 unspecified atom stereocenters. The van der Waals surface area contributed by atoms with Gasteiger partial charge in [-0.25, -0.2) is 12.8 Å². The minimum atomic E-state index is -3.60. The molecule has 0 aliphatic carbocycles. The summed E-state index contributed by atoms with van der Waals surface area (Å²) in [6.07, 6.45) is 0. The smallest absolute Gasteiger partial charge is 0.271 e. The molecule has 10 heteroatoms. The van der Waals surface area contributed by atoms with Gasteiger partial charge in [-0.05, 0) is 60.8 Å². The maximum absolute atomic E-state index is 13.9. The number of thiophene rings is 1. The van der Waals surface area contributed by atoms with Gasteiger partial charge in [-0.3, -0.25) is 9.52 Å². The van der Waals surface area contributed by atoms with Crippen molar-refractivity contribution in [3.8, 4) is 0 Å². The molecule has 0 aliphatic rings. The SMILES string of the molecule is CC(Sc1ccc(NS(=O)(=O)c2cccs2)cc1)C(=O)Nc1ccc(Br)cc1F. The van der Waals surface area contributed by atoms with E-state index in [1.54, 1.807) is 48.7 Å². The number of sulfonamides is 1. The van der Waals surface area contributed by atoms with Gasteiger partial charge in [-0.15, -0.1) is 23.1 Å². The fourth-order valence-electron chi connectivity index (χ4n) is 2.31. The number of thioether (sulfide) groups is 1. The largest absolute Gasteiger partial charge is 0.323 e. The fraction of sp³-hybridized carbons (Fsp3) is 0.105. The van der Waals surface area contributed by atoms with Crippen molar-refractivity contribution < 1.29 is 17.6 Å². The first-order chi connectivity index (χ1) is 13.7. The number of carbonyl (C=O) groups excluding carboxylic acids is 1. The Morgan fingerprint density at radius 1 is 1.17 bits per heavy atom. The highest BCUT2D eigenvalue weighted by Crippen LogP contribution is 2.27. The molecule has 1 aromatic heterocycles. The summed E-state index contributed by atoms with van der Waals surface area (Å²) in [6.45, 7) is 1.71. The Kier molecular flexibility index (Phi) is 6.99. The molecule has 0 saturated heterocycles. The van der Waals surface area contributed by atoms with Crippen LogP contribution in [0.3, 0.4) is 0 Å². The first kappa shape index (κ1) is 21.8. The van der Waals surface area contributed by atoms with Crippen molar-refractivity contribution in [3.63, 3.8) is 0 Å². The van der Waals surface area contributed by atoms with Crippen LogP contribution in [0.5, 0.6) is 0 Å². The van der Waals surface area contributed by atoms with Crippen molar-refractivity contribution in [2.24, 2.45) is 0 Å². The zero-order chi connectivity index (χ0) is 21.0. The Hall–Kier alpha value is -1.88. The monoisotopic (exact) mass is 514 g/mol. The highest BCUT2D eigenvalue weighted by molar-refractivity contribution is 9.10. The summed E-state index contributed by atoms with van der Waals surface area (Å²) >= 11 is 5.60. The molecule has 0 fully saturated rings. The van der Waals surface area contributed by atoms with Crippen LogP contribution in [0.4, 0.5) is 15.8 Å². The molecule has 0 spiro atoms. The fourth-order valence-corrected chi connectivity index (χ4v) is 5.56. The van der Waals surface area contributed by atoms with Gasteiger partial charge in [-0.2, -0.15) is 0 Å². The average molecular weight is 515 g/mol. The van der Waals surface area contributed by atoms with Crippen LogP contribution in [-0.2, 0) is 14.8 Å². The topological polar surface area (TPSA) is 75.3 Å². The first-order valence-corrected chi connectivity index (χ1v) is 12.4. The van der Waals surface area contributed by atoms with Gasteiger partial charge in [0.1, 0.15) is 10.0 Å². The van der Waals surface area contributed by atoms with Gasteiger partial charge in [0.2, 0.25) is 5.91 Å². The van der Waals surface area contributed by atoms with Crippen molar-refractivity contribution in [1.29, 1.82) is 0 Å². The van der Waals surface area contributed by atoms with Gasteiger partial charge in [-0.1, -0.05) is 22.0 Å². The summed E-state index contributed by atoms with van der Waals surface area (Å²) in [5.74, 6) is -0.856. The molecule has 5 nitrogen and oxygen atoms in total. The molecule has 2 aromatic carbocycles. The predicted molar refractivity (Wildman–Crippen MR) is 120 cm³/mol. The Morgan fingerprint density at radius 2 is 1.90 bits per heavy atom. The molecule has 0 aliphatic heterocycles. The molecule has 0 radical (unpaired) electrons. The Bertz CT molecular complexity index is 1100. The normalized spacial score (nSPS) is 12.4. The van der Waals surface area contributed by atoms with Gasteiger partial charge in [0.05, 0.1) is 10.9 Å². The zero-order valence-electron chi connectivity index (χ0n) is 15.1. The van der Waals surface area contributed by atoms with E-state index in [4.69, 9.17) is 0 Å². The number of halogens is 2. The molecule has 3 aromatic rings. The van der Waals surface area contributed by atoms with Crippen molar-refractivity contribution >= 4 is 66.3 Å². The van der Waals surface area contributed by atoms with Crippen LogP contribution >= 0.6 is 39.0 Å². The van der Waals surface area contributed by atoms with Crippen LogP contribution < -0.4 is 10.0 Å². The maximum atomic E-state index is 13.9. The summed E-state index contributed by atoms with van der Waals surface area (Å²) in [7, 11) is -3.60. The quantitative estimate of drug-likeness (QED) is 0.404. The molecular weight excluding hydrogens is 499 g/mol. The van der Waals surface area contributed by atoms with E-state index in [0.717, 1.165) is 16.2 Å². The molecule has 0 saturated carbocycles. The minimum absolute atomic E-state index is 0.115. The summed E-state index contributed by atoms with van der Waals surface area (Å²) < 4.78 is 41.7. The second-order valence-electron chi connectivity index (χ2n) is 5.94. The molecule has 1 atom stereocenters. The van der Waals surface area contributed by atoms with E-state index in [-0.39, 0.29) is 15.8 Å².